The summed E-state index contributed by atoms with van der Waals surface area (Å²) in [6.45, 7) is 2.98. The molecule has 1 atom stereocenters. The van der Waals surface area contributed by atoms with Crippen LogP contribution in [0.3, 0.4) is 0 Å². The topological polar surface area (TPSA) is 103 Å². The first-order valence-corrected chi connectivity index (χ1v) is 7.86. The van der Waals surface area contributed by atoms with E-state index in [9.17, 15) is 4.79 Å². The largest absolute Gasteiger partial charge is 0.369 e. The van der Waals surface area contributed by atoms with Crippen molar-refractivity contribution >= 4 is 5.91 Å². The molecule has 0 fully saturated rings. The van der Waals surface area contributed by atoms with Crippen molar-refractivity contribution in [2.75, 3.05) is 6.54 Å². The Balaban J connectivity index is 3.36. The van der Waals surface area contributed by atoms with E-state index < -0.39 is 0 Å². The van der Waals surface area contributed by atoms with E-state index >= 15 is 0 Å². The molecule has 0 heterocycles. The zero-order chi connectivity index (χ0) is 15.1. The summed E-state index contributed by atoms with van der Waals surface area (Å²) in [5, 5.41) is 3.00. The molecule has 1 unspecified atom stereocenters. The maximum Gasteiger partial charge on any atom is 0.220 e. The number of nitrogens with zero attached hydrogens (tertiary/aromatic N) is 1. The summed E-state index contributed by atoms with van der Waals surface area (Å²) in [6.07, 6.45) is 11.1. The molecule has 5 N–H and O–H groups in total. The number of rotatable bonds is 15. The van der Waals surface area contributed by atoms with Crippen molar-refractivity contribution in [2.24, 2.45) is 16.9 Å². The molecule has 0 aliphatic heterocycles. The minimum atomic E-state index is -0.128. The van der Waals surface area contributed by atoms with Gasteiger partial charge < -0.3 is 5.73 Å². The number of carbonyl (C=O) groups excluding carboxylic acids is 1. The van der Waals surface area contributed by atoms with E-state index in [4.69, 9.17) is 11.3 Å². The summed E-state index contributed by atoms with van der Waals surface area (Å²) in [5.74, 6) is -0.0457. The number of hydrogen-bond acceptors (Lipinski definition) is 4. The molecular formula is C14H31N5O. The lowest BCUT2D eigenvalue weighted by Gasteiger charge is -2.12. The minimum Gasteiger partial charge on any atom is -0.369 e. The maximum atomic E-state index is 11.3. The van der Waals surface area contributed by atoms with Crippen LogP contribution in [-0.2, 0) is 4.79 Å². The van der Waals surface area contributed by atoms with Gasteiger partial charge in [0, 0.05) is 12.5 Å². The van der Waals surface area contributed by atoms with E-state index in [1.807, 2.05) is 0 Å². The highest BCUT2D eigenvalue weighted by molar-refractivity contribution is 5.76. The number of primary amides is 1. The SMILES string of the molecule is CCCCC(CCCCCCCCNNN=N)C(N)=O. The van der Waals surface area contributed by atoms with E-state index in [-0.39, 0.29) is 11.8 Å². The predicted octanol–water partition coefficient (Wildman–Crippen LogP) is 3.05. The van der Waals surface area contributed by atoms with E-state index in [1.54, 1.807) is 0 Å². The zero-order valence-electron chi connectivity index (χ0n) is 12.8. The summed E-state index contributed by atoms with van der Waals surface area (Å²) >= 11 is 0. The lowest BCUT2D eigenvalue weighted by molar-refractivity contribution is -0.122. The number of nitrogens with two attached hydrogens (primary N) is 1. The Hall–Kier alpha value is -1.17. The first-order chi connectivity index (χ1) is 9.72. The van der Waals surface area contributed by atoms with Crippen LogP contribution in [0, 0.1) is 11.4 Å². The van der Waals surface area contributed by atoms with Crippen LogP contribution in [0.1, 0.15) is 71.1 Å². The Labute approximate surface area is 122 Å². The molecule has 0 aromatic rings. The number of amides is 1. The Morgan fingerprint density at radius 1 is 1.10 bits per heavy atom. The van der Waals surface area contributed by atoms with Gasteiger partial charge in [0.05, 0.1) is 0 Å². The normalized spacial score (nSPS) is 12.1. The molecule has 0 saturated carbocycles. The fourth-order valence-electron chi connectivity index (χ4n) is 2.29. The molecule has 20 heavy (non-hydrogen) atoms. The first-order valence-electron chi connectivity index (χ1n) is 7.86. The van der Waals surface area contributed by atoms with Crippen LogP contribution < -0.4 is 16.7 Å². The lowest BCUT2D eigenvalue weighted by atomic mass is 9.94. The molecular weight excluding hydrogens is 254 g/mol. The van der Waals surface area contributed by atoms with Gasteiger partial charge in [-0.25, -0.2) is 11.0 Å². The van der Waals surface area contributed by atoms with Crippen LogP contribution in [0.4, 0.5) is 0 Å². The first kappa shape index (κ1) is 18.8. The third-order valence-electron chi connectivity index (χ3n) is 3.55. The summed E-state index contributed by atoms with van der Waals surface area (Å²) in [7, 11) is 0. The summed E-state index contributed by atoms with van der Waals surface area (Å²) in [5.41, 5.74) is 17.2. The Morgan fingerprint density at radius 3 is 2.30 bits per heavy atom. The fraction of sp³-hybridized carbons (Fsp3) is 0.929. The lowest BCUT2D eigenvalue weighted by Crippen LogP contribution is -2.26. The molecule has 1 amide bonds. The van der Waals surface area contributed by atoms with Gasteiger partial charge in [0.15, 0.2) is 0 Å². The quantitative estimate of drug-likeness (QED) is 0.211. The van der Waals surface area contributed by atoms with Gasteiger partial charge in [0.25, 0.3) is 0 Å². The van der Waals surface area contributed by atoms with Gasteiger partial charge in [0.1, 0.15) is 0 Å². The van der Waals surface area contributed by atoms with Gasteiger partial charge >= 0.3 is 0 Å². The molecule has 0 aromatic heterocycles. The Morgan fingerprint density at radius 2 is 1.70 bits per heavy atom. The Bertz CT molecular complexity index is 248. The third-order valence-corrected chi connectivity index (χ3v) is 3.55. The smallest absolute Gasteiger partial charge is 0.220 e. The zero-order valence-corrected chi connectivity index (χ0v) is 12.8. The summed E-state index contributed by atoms with van der Waals surface area (Å²) in [6, 6.07) is 0. The van der Waals surface area contributed by atoms with Crippen LogP contribution in [0.2, 0.25) is 0 Å². The van der Waals surface area contributed by atoms with E-state index in [1.165, 1.54) is 25.7 Å². The van der Waals surface area contributed by atoms with Crippen molar-refractivity contribution in [2.45, 2.75) is 71.1 Å². The molecule has 6 nitrogen and oxygen atoms in total. The molecule has 0 rings (SSSR count). The second kappa shape index (κ2) is 14.2. The fourth-order valence-corrected chi connectivity index (χ4v) is 2.29. The van der Waals surface area contributed by atoms with Gasteiger partial charge in [-0.05, 0) is 19.3 Å². The van der Waals surface area contributed by atoms with Gasteiger partial charge in [-0.2, -0.15) is 5.53 Å². The van der Waals surface area contributed by atoms with Crippen molar-refractivity contribution < 1.29 is 4.79 Å². The van der Waals surface area contributed by atoms with E-state index in [2.05, 4.69) is 23.1 Å². The van der Waals surface area contributed by atoms with Crippen molar-refractivity contribution in [1.29, 1.82) is 5.53 Å². The van der Waals surface area contributed by atoms with E-state index in [0.29, 0.717) is 0 Å². The molecule has 118 valence electrons. The van der Waals surface area contributed by atoms with Gasteiger partial charge in [0.2, 0.25) is 5.91 Å². The molecule has 0 aliphatic rings. The van der Waals surface area contributed by atoms with Crippen LogP contribution >= 0.6 is 0 Å². The third kappa shape index (κ3) is 11.9. The predicted molar refractivity (Wildman–Crippen MR) is 80.8 cm³/mol. The molecule has 0 spiro atoms. The number of carbonyl (C=O) groups is 1. The van der Waals surface area contributed by atoms with Gasteiger partial charge in [-0.1, -0.05) is 57.1 Å². The Kier molecular flexibility index (Phi) is 13.4. The van der Waals surface area contributed by atoms with Gasteiger partial charge in [-0.3, -0.25) is 4.79 Å². The van der Waals surface area contributed by atoms with Crippen molar-refractivity contribution in [3.63, 3.8) is 0 Å². The average Bonchev–Trinajstić information content (AvgIpc) is 2.43. The van der Waals surface area contributed by atoms with Crippen molar-refractivity contribution in [1.82, 2.24) is 11.0 Å². The molecule has 0 aromatic carbocycles. The second-order valence-electron chi connectivity index (χ2n) is 5.30. The molecule has 0 saturated heterocycles. The standard InChI is InChI=1S/C14H31N5O/c1-2-3-10-13(14(15)20)11-8-6-4-5-7-9-12-17-19-18-16/h13H,2-12H2,1H3,(H2,15,20)(H2,16,19)(H,17,18). The minimum absolute atomic E-state index is 0.0823. The maximum absolute atomic E-state index is 11.3. The second-order valence-corrected chi connectivity index (χ2v) is 5.30. The molecule has 0 bridgehead atoms. The summed E-state index contributed by atoms with van der Waals surface area (Å²) < 4.78 is 0. The summed E-state index contributed by atoms with van der Waals surface area (Å²) in [4.78, 5) is 11.3. The van der Waals surface area contributed by atoms with Crippen LogP contribution in [0.25, 0.3) is 0 Å². The van der Waals surface area contributed by atoms with E-state index in [0.717, 1.165) is 45.1 Å². The highest BCUT2D eigenvalue weighted by Gasteiger charge is 2.13. The number of unbranched alkanes of at least 4 members (excludes halogenated alkanes) is 6. The number of hydrogen-bond donors (Lipinski definition) is 4. The number of hydrazine groups is 1. The highest BCUT2D eigenvalue weighted by Crippen LogP contribution is 2.17. The molecule has 0 aliphatic carbocycles. The highest BCUT2D eigenvalue weighted by atomic mass is 16.1. The monoisotopic (exact) mass is 285 g/mol. The number of nitrogens with one attached hydrogen (secondary N) is 3. The molecule has 6 heteroatoms. The van der Waals surface area contributed by atoms with Gasteiger partial charge in [-0.15, -0.1) is 0 Å². The van der Waals surface area contributed by atoms with Crippen molar-refractivity contribution in [3.05, 3.63) is 0 Å². The van der Waals surface area contributed by atoms with Crippen molar-refractivity contribution in [3.8, 4) is 0 Å². The van der Waals surface area contributed by atoms with Crippen LogP contribution in [-0.4, -0.2) is 12.5 Å². The molecule has 0 radical (unpaired) electrons. The average molecular weight is 285 g/mol. The van der Waals surface area contributed by atoms with Crippen LogP contribution in [0.5, 0.6) is 0 Å². The van der Waals surface area contributed by atoms with Crippen LogP contribution in [0.15, 0.2) is 5.22 Å².